The van der Waals surface area contributed by atoms with Gasteiger partial charge >= 0.3 is 6.03 Å². The molecule has 0 unspecified atom stereocenters. The summed E-state index contributed by atoms with van der Waals surface area (Å²) in [4.78, 5) is 16.9. The number of piperidine rings is 1. The number of fused-ring (bicyclic) bond motifs is 1. The molecule has 4 rings (SSSR count). The highest BCUT2D eigenvalue weighted by molar-refractivity contribution is 7.88. The highest BCUT2D eigenvalue weighted by Crippen LogP contribution is 2.46. The lowest BCUT2D eigenvalue weighted by molar-refractivity contribution is 0.169. The first-order valence-corrected chi connectivity index (χ1v) is 11.3. The zero-order valence-electron chi connectivity index (χ0n) is 15.3. The van der Waals surface area contributed by atoms with Gasteiger partial charge < -0.3 is 9.80 Å². The number of carbonyl (C=O) groups excluding carboxylic acids is 1. The van der Waals surface area contributed by atoms with Gasteiger partial charge in [0, 0.05) is 50.6 Å². The molecule has 3 aliphatic rings. The molecule has 0 aliphatic carbocycles. The molecule has 0 aromatic heterocycles. The Morgan fingerprint density at radius 3 is 2.38 bits per heavy atom. The number of hydrogen-bond acceptors (Lipinski definition) is 3. The normalized spacial score (nSPS) is 29.8. The number of sulfonamides is 1. The van der Waals surface area contributed by atoms with Gasteiger partial charge in [-0.25, -0.2) is 17.5 Å². The van der Waals surface area contributed by atoms with Crippen LogP contribution < -0.4 is 0 Å². The fourth-order valence-electron chi connectivity index (χ4n) is 4.95. The lowest BCUT2D eigenvalue weighted by Crippen LogP contribution is -2.51. The van der Waals surface area contributed by atoms with E-state index in [2.05, 4.69) is 12.1 Å². The average Bonchev–Trinajstić information content (AvgIpc) is 3.29. The van der Waals surface area contributed by atoms with Crippen molar-refractivity contribution in [3.63, 3.8) is 0 Å². The molecule has 2 amide bonds. The molecule has 3 aliphatic heterocycles. The fraction of sp³-hybridized carbons (Fsp3) is 0.632. The predicted octanol–water partition coefficient (Wildman–Crippen LogP) is 1.74. The summed E-state index contributed by atoms with van der Waals surface area (Å²) in [5.41, 5.74) is 1.09. The third kappa shape index (κ3) is 3.01. The van der Waals surface area contributed by atoms with Crippen LogP contribution in [0.25, 0.3) is 0 Å². The van der Waals surface area contributed by atoms with Crippen LogP contribution in [0.5, 0.6) is 0 Å². The zero-order chi connectivity index (χ0) is 18.4. The largest absolute Gasteiger partial charge is 0.325 e. The zero-order valence-corrected chi connectivity index (χ0v) is 16.1. The molecule has 3 fully saturated rings. The first kappa shape index (κ1) is 17.8. The summed E-state index contributed by atoms with van der Waals surface area (Å²) in [5.74, 6) is 0.139. The molecular weight excluding hydrogens is 350 g/mol. The van der Waals surface area contributed by atoms with Gasteiger partial charge in [0.05, 0.1) is 6.26 Å². The van der Waals surface area contributed by atoms with E-state index < -0.39 is 10.0 Å². The third-order valence-corrected chi connectivity index (χ3v) is 7.66. The highest BCUT2D eigenvalue weighted by Gasteiger charge is 2.53. The number of urea groups is 1. The van der Waals surface area contributed by atoms with Crippen LogP contribution in [0.4, 0.5) is 4.79 Å². The smallest absolute Gasteiger partial charge is 0.320 e. The van der Waals surface area contributed by atoms with Crippen molar-refractivity contribution >= 4 is 16.1 Å². The topological polar surface area (TPSA) is 60.9 Å². The number of amides is 2. The second-order valence-electron chi connectivity index (χ2n) is 7.95. The van der Waals surface area contributed by atoms with E-state index >= 15 is 0 Å². The summed E-state index contributed by atoms with van der Waals surface area (Å²) >= 11 is 0. The molecule has 0 saturated carbocycles. The fourth-order valence-corrected chi connectivity index (χ4v) is 5.82. The van der Waals surface area contributed by atoms with E-state index in [1.807, 2.05) is 28.0 Å². The second kappa shape index (κ2) is 6.53. The Kier molecular flexibility index (Phi) is 4.47. The summed E-state index contributed by atoms with van der Waals surface area (Å²) < 4.78 is 25.7. The molecule has 0 radical (unpaired) electrons. The molecule has 0 bridgehead atoms. The van der Waals surface area contributed by atoms with Crippen LogP contribution in [0.1, 0.15) is 24.8 Å². The maximum atomic E-state index is 13.0. The monoisotopic (exact) mass is 377 g/mol. The van der Waals surface area contributed by atoms with E-state index in [-0.39, 0.29) is 17.4 Å². The number of hydrogen-bond donors (Lipinski definition) is 0. The molecule has 0 spiro atoms. The second-order valence-corrected chi connectivity index (χ2v) is 9.93. The van der Waals surface area contributed by atoms with E-state index in [1.165, 1.54) is 11.8 Å². The predicted molar refractivity (Wildman–Crippen MR) is 100 cm³/mol. The minimum absolute atomic E-state index is 0.123. The van der Waals surface area contributed by atoms with Crippen molar-refractivity contribution in [1.29, 1.82) is 0 Å². The van der Waals surface area contributed by atoms with Crippen molar-refractivity contribution < 1.29 is 13.2 Å². The maximum absolute atomic E-state index is 13.0. The van der Waals surface area contributed by atoms with Crippen LogP contribution in [0.2, 0.25) is 0 Å². The molecule has 0 N–H and O–H groups in total. The number of likely N-dealkylation sites (tertiary alicyclic amines) is 2. The van der Waals surface area contributed by atoms with Gasteiger partial charge in [-0.2, -0.15) is 0 Å². The summed E-state index contributed by atoms with van der Waals surface area (Å²) in [5, 5.41) is 0. The number of benzene rings is 1. The van der Waals surface area contributed by atoms with Crippen LogP contribution in [0, 0.1) is 5.92 Å². The van der Waals surface area contributed by atoms with E-state index in [4.69, 9.17) is 0 Å². The van der Waals surface area contributed by atoms with Gasteiger partial charge in [-0.05, 0) is 24.8 Å². The summed E-state index contributed by atoms with van der Waals surface area (Å²) in [6, 6.07) is 10.5. The number of carbonyl (C=O) groups is 1. The van der Waals surface area contributed by atoms with Crippen molar-refractivity contribution in [2.24, 2.45) is 5.92 Å². The maximum Gasteiger partial charge on any atom is 0.320 e. The van der Waals surface area contributed by atoms with Gasteiger partial charge in [-0.3, -0.25) is 0 Å². The van der Waals surface area contributed by atoms with E-state index in [0.29, 0.717) is 26.2 Å². The quantitative estimate of drug-likeness (QED) is 0.789. The first-order valence-electron chi connectivity index (χ1n) is 9.45. The Balaban J connectivity index is 1.64. The van der Waals surface area contributed by atoms with Crippen molar-refractivity contribution in [3.8, 4) is 0 Å². The Labute approximate surface area is 155 Å². The number of rotatable bonds is 2. The van der Waals surface area contributed by atoms with Crippen LogP contribution in [0.3, 0.4) is 0 Å². The molecule has 142 valence electrons. The van der Waals surface area contributed by atoms with Crippen LogP contribution in [-0.2, 0) is 15.4 Å². The molecule has 1 aromatic carbocycles. The Morgan fingerprint density at radius 1 is 1.04 bits per heavy atom. The van der Waals surface area contributed by atoms with Gasteiger partial charge in [0.2, 0.25) is 10.0 Å². The van der Waals surface area contributed by atoms with Crippen LogP contribution in [-0.4, -0.2) is 74.1 Å². The minimum Gasteiger partial charge on any atom is -0.325 e. The van der Waals surface area contributed by atoms with Gasteiger partial charge in [0.1, 0.15) is 0 Å². The molecule has 1 aromatic rings. The van der Waals surface area contributed by atoms with E-state index in [0.717, 1.165) is 32.4 Å². The SMILES string of the molecule is CS(=O)(=O)N1CC[C@]2(c3ccccc3)CN(C(=O)N3CCCC3)C[C@@H]2C1. The summed E-state index contributed by atoms with van der Waals surface area (Å²) in [6.45, 7) is 4.03. The van der Waals surface area contributed by atoms with Crippen molar-refractivity contribution in [1.82, 2.24) is 14.1 Å². The molecule has 2 atom stereocenters. The van der Waals surface area contributed by atoms with E-state index in [1.54, 1.807) is 4.31 Å². The summed E-state index contributed by atoms with van der Waals surface area (Å²) in [7, 11) is -3.21. The molecule has 6 nitrogen and oxygen atoms in total. The molecule has 26 heavy (non-hydrogen) atoms. The molecule has 7 heteroatoms. The van der Waals surface area contributed by atoms with E-state index in [9.17, 15) is 13.2 Å². The van der Waals surface area contributed by atoms with Crippen LogP contribution >= 0.6 is 0 Å². The molecule has 3 heterocycles. The summed E-state index contributed by atoms with van der Waals surface area (Å²) in [6.07, 6.45) is 4.20. The minimum atomic E-state index is -3.21. The lowest BCUT2D eigenvalue weighted by Gasteiger charge is -2.42. The van der Waals surface area contributed by atoms with Crippen LogP contribution in [0.15, 0.2) is 30.3 Å². The number of nitrogens with zero attached hydrogens (tertiary/aromatic N) is 3. The standard InChI is InChI=1S/C19H27N3O3S/c1-26(24,25)22-12-9-19(16-7-3-2-4-8-16)15-21(13-17(19)14-22)18(23)20-10-5-6-11-20/h2-4,7-8,17H,5-6,9-15H2,1H3/t17-,19-/m1/s1. The molecular formula is C19H27N3O3S. The van der Waals surface area contributed by atoms with Crippen molar-refractivity contribution in [2.75, 3.05) is 45.5 Å². The van der Waals surface area contributed by atoms with Gasteiger partial charge in [-0.1, -0.05) is 30.3 Å². The van der Waals surface area contributed by atoms with Crippen molar-refractivity contribution in [2.45, 2.75) is 24.7 Å². The Bertz CT molecular complexity index is 776. The van der Waals surface area contributed by atoms with Crippen molar-refractivity contribution in [3.05, 3.63) is 35.9 Å². The first-order chi connectivity index (χ1) is 12.4. The van der Waals surface area contributed by atoms with Gasteiger partial charge in [0.25, 0.3) is 0 Å². The lowest BCUT2D eigenvalue weighted by atomic mass is 9.68. The Hall–Kier alpha value is -1.60. The molecule has 3 saturated heterocycles. The third-order valence-electron chi connectivity index (χ3n) is 6.39. The average molecular weight is 378 g/mol. The highest BCUT2D eigenvalue weighted by atomic mass is 32.2. The van der Waals surface area contributed by atoms with Gasteiger partial charge in [-0.15, -0.1) is 0 Å². The Morgan fingerprint density at radius 2 is 1.73 bits per heavy atom. The van der Waals surface area contributed by atoms with Gasteiger partial charge in [0.15, 0.2) is 0 Å².